The Balaban J connectivity index is 1.39. The summed E-state index contributed by atoms with van der Waals surface area (Å²) in [5.74, 6) is -0.154. The summed E-state index contributed by atoms with van der Waals surface area (Å²) >= 11 is 0. The van der Waals surface area contributed by atoms with Crippen LogP contribution in [0.5, 0.6) is 0 Å². The third-order valence-corrected chi connectivity index (χ3v) is 6.72. The number of hydrogen-bond donors (Lipinski definition) is 0. The largest absolute Gasteiger partial charge is 0.416 e. The number of fused-ring (bicyclic) bond motifs is 2. The van der Waals surface area contributed by atoms with E-state index in [-0.39, 0.29) is 30.5 Å². The Morgan fingerprint density at radius 1 is 1.06 bits per heavy atom. The summed E-state index contributed by atoms with van der Waals surface area (Å²) in [7, 11) is 3.31. The molecule has 1 spiro atoms. The molecule has 2 aromatic rings. The van der Waals surface area contributed by atoms with Gasteiger partial charge in [-0.2, -0.15) is 13.2 Å². The van der Waals surface area contributed by atoms with Crippen molar-refractivity contribution < 1.29 is 22.8 Å². The molecular formula is C24H26F3N3O2. The van der Waals surface area contributed by atoms with Crippen molar-refractivity contribution in [3.63, 3.8) is 0 Å². The van der Waals surface area contributed by atoms with Gasteiger partial charge in [0.1, 0.15) is 0 Å². The fourth-order valence-corrected chi connectivity index (χ4v) is 4.88. The van der Waals surface area contributed by atoms with E-state index in [0.29, 0.717) is 25.9 Å². The van der Waals surface area contributed by atoms with Crippen molar-refractivity contribution >= 4 is 17.5 Å². The van der Waals surface area contributed by atoms with E-state index in [9.17, 15) is 22.8 Å². The molecule has 0 radical (unpaired) electrons. The van der Waals surface area contributed by atoms with Crippen LogP contribution in [0.25, 0.3) is 0 Å². The van der Waals surface area contributed by atoms with Gasteiger partial charge in [-0.15, -0.1) is 0 Å². The third kappa shape index (κ3) is 3.88. The van der Waals surface area contributed by atoms with Crippen LogP contribution in [-0.4, -0.2) is 55.3 Å². The van der Waals surface area contributed by atoms with Crippen molar-refractivity contribution in [3.8, 4) is 0 Å². The molecule has 4 rings (SSSR count). The summed E-state index contributed by atoms with van der Waals surface area (Å²) < 4.78 is 39.7. The van der Waals surface area contributed by atoms with Crippen LogP contribution in [0.4, 0.5) is 18.9 Å². The average Bonchev–Trinajstić information content (AvgIpc) is 2.97. The molecule has 2 amide bonds. The Labute approximate surface area is 185 Å². The number of carbonyl (C=O) groups is 2. The molecule has 0 aromatic heterocycles. The van der Waals surface area contributed by atoms with Gasteiger partial charge in [0.2, 0.25) is 11.8 Å². The molecule has 0 bridgehead atoms. The number of halogens is 3. The number of alkyl halides is 3. The summed E-state index contributed by atoms with van der Waals surface area (Å²) in [6, 6.07) is 13.1. The van der Waals surface area contributed by atoms with Gasteiger partial charge in [0, 0.05) is 39.4 Å². The number of likely N-dealkylation sites (tertiary alicyclic amines) is 1. The van der Waals surface area contributed by atoms with E-state index in [1.54, 1.807) is 18.0 Å². The number of rotatable bonds is 4. The Bertz CT molecular complexity index is 1030. The number of benzene rings is 2. The number of amides is 2. The molecule has 32 heavy (non-hydrogen) atoms. The van der Waals surface area contributed by atoms with Crippen LogP contribution in [0.2, 0.25) is 0 Å². The minimum Gasteiger partial charge on any atom is -0.340 e. The SMILES string of the molecule is CN(Cc1ccccc1C(F)(F)F)C(=O)CN1CCC2(CC1)C(=O)N(C)c1ccccc12. The van der Waals surface area contributed by atoms with Gasteiger partial charge in [-0.05, 0) is 36.1 Å². The minimum atomic E-state index is -4.46. The van der Waals surface area contributed by atoms with Crippen LogP contribution in [0, 0.1) is 0 Å². The molecule has 170 valence electrons. The number of likely N-dealkylation sites (N-methyl/N-ethyl adjacent to an activating group) is 2. The summed E-state index contributed by atoms with van der Waals surface area (Å²) in [6.07, 6.45) is -3.24. The smallest absolute Gasteiger partial charge is 0.340 e. The standard InChI is InChI=1S/C24H26F3N3O2/c1-28(15-17-7-3-4-8-18(17)24(25,26)27)21(31)16-30-13-11-23(12-14-30)19-9-5-6-10-20(19)29(2)22(23)32/h3-10H,11-16H2,1-2H3. The summed E-state index contributed by atoms with van der Waals surface area (Å²) in [6.45, 7) is 1.16. The van der Waals surface area contributed by atoms with Gasteiger partial charge in [0.25, 0.3) is 0 Å². The molecule has 5 nitrogen and oxygen atoms in total. The lowest BCUT2D eigenvalue weighted by Crippen LogP contribution is -2.50. The lowest BCUT2D eigenvalue weighted by Gasteiger charge is -2.38. The van der Waals surface area contributed by atoms with Gasteiger partial charge in [-0.3, -0.25) is 14.5 Å². The number of piperidine rings is 1. The molecule has 1 fully saturated rings. The van der Waals surface area contributed by atoms with Crippen LogP contribution in [0.3, 0.4) is 0 Å². The first-order valence-electron chi connectivity index (χ1n) is 10.6. The highest BCUT2D eigenvalue weighted by molar-refractivity contribution is 6.07. The molecular weight excluding hydrogens is 419 g/mol. The van der Waals surface area contributed by atoms with Gasteiger partial charge in [0.05, 0.1) is 17.5 Å². The molecule has 0 unspecified atom stereocenters. The number of anilines is 1. The van der Waals surface area contributed by atoms with Gasteiger partial charge >= 0.3 is 6.18 Å². The summed E-state index contributed by atoms with van der Waals surface area (Å²) in [4.78, 5) is 30.8. The quantitative estimate of drug-likeness (QED) is 0.721. The first kappa shape index (κ1) is 22.3. The Kier molecular flexibility index (Phi) is 5.75. The average molecular weight is 445 g/mol. The zero-order valence-electron chi connectivity index (χ0n) is 18.2. The highest BCUT2D eigenvalue weighted by Crippen LogP contribution is 2.47. The molecule has 2 aliphatic heterocycles. The van der Waals surface area contributed by atoms with E-state index in [4.69, 9.17) is 0 Å². The van der Waals surface area contributed by atoms with E-state index in [1.165, 1.54) is 24.1 Å². The van der Waals surface area contributed by atoms with Crippen molar-refractivity contribution in [2.24, 2.45) is 0 Å². The summed E-state index contributed by atoms with van der Waals surface area (Å²) in [5.41, 5.74) is 0.777. The third-order valence-electron chi connectivity index (χ3n) is 6.72. The van der Waals surface area contributed by atoms with E-state index < -0.39 is 17.2 Å². The minimum absolute atomic E-state index is 0.0737. The second-order valence-electron chi connectivity index (χ2n) is 8.64. The molecule has 0 saturated carbocycles. The summed E-state index contributed by atoms with van der Waals surface area (Å²) in [5, 5.41) is 0. The number of carbonyl (C=O) groups excluding carboxylic acids is 2. The molecule has 8 heteroatoms. The first-order valence-corrected chi connectivity index (χ1v) is 10.6. The maximum Gasteiger partial charge on any atom is 0.416 e. The maximum absolute atomic E-state index is 13.2. The lowest BCUT2D eigenvalue weighted by atomic mass is 9.73. The molecule has 0 N–H and O–H groups in total. The molecule has 1 saturated heterocycles. The zero-order chi connectivity index (χ0) is 23.1. The predicted octanol–water partition coefficient (Wildman–Crippen LogP) is 3.67. The Morgan fingerprint density at radius 3 is 2.38 bits per heavy atom. The second-order valence-corrected chi connectivity index (χ2v) is 8.64. The second kappa shape index (κ2) is 8.24. The predicted molar refractivity (Wildman–Crippen MR) is 115 cm³/mol. The van der Waals surface area contributed by atoms with E-state index in [0.717, 1.165) is 17.3 Å². The van der Waals surface area contributed by atoms with Crippen LogP contribution in [0.1, 0.15) is 29.5 Å². The molecule has 2 aromatic carbocycles. The lowest BCUT2D eigenvalue weighted by molar-refractivity contribution is -0.140. The molecule has 2 aliphatic rings. The molecule has 0 aliphatic carbocycles. The monoisotopic (exact) mass is 445 g/mol. The van der Waals surface area contributed by atoms with Gasteiger partial charge < -0.3 is 9.80 Å². The van der Waals surface area contributed by atoms with E-state index in [1.807, 2.05) is 29.2 Å². The number of nitrogens with zero attached hydrogens (tertiary/aromatic N) is 3. The van der Waals surface area contributed by atoms with Gasteiger partial charge in [0.15, 0.2) is 0 Å². The van der Waals surface area contributed by atoms with Gasteiger partial charge in [-0.1, -0.05) is 36.4 Å². The first-order chi connectivity index (χ1) is 15.1. The van der Waals surface area contributed by atoms with Crippen LogP contribution >= 0.6 is 0 Å². The highest BCUT2D eigenvalue weighted by atomic mass is 19.4. The van der Waals surface area contributed by atoms with Gasteiger partial charge in [-0.25, -0.2) is 0 Å². The number of para-hydroxylation sites is 1. The normalized spacial score (nSPS) is 18.2. The Hall–Kier alpha value is -2.87. The number of hydrogen-bond acceptors (Lipinski definition) is 3. The Morgan fingerprint density at radius 2 is 1.69 bits per heavy atom. The van der Waals surface area contributed by atoms with Crippen molar-refractivity contribution in [2.45, 2.75) is 31.0 Å². The van der Waals surface area contributed by atoms with Crippen molar-refractivity contribution in [3.05, 3.63) is 65.2 Å². The van der Waals surface area contributed by atoms with Crippen LogP contribution < -0.4 is 4.90 Å². The van der Waals surface area contributed by atoms with E-state index >= 15 is 0 Å². The maximum atomic E-state index is 13.2. The van der Waals surface area contributed by atoms with Crippen molar-refractivity contribution in [1.82, 2.24) is 9.80 Å². The highest BCUT2D eigenvalue weighted by Gasteiger charge is 2.50. The zero-order valence-corrected chi connectivity index (χ0v) is 18.2. The molecule has 0 atom stereocenters. The fourth-order valence-electron chi connectivity index (χ4n) is 4.88. The molecule has 2 heterocycles. The fraction of sp³-hybridized carbons (Fsp3) is 0.417. The van der Waals surface area contributed by atoms with Crippen LogP contribution in [-0.2, 0) is 27.7 Å². The topological polar surface area (TPSA) is 43.9 Å². The van der Waals surface area contributed by atoms with Crippen LogP contribution in [0.15, 0.2) is 48.5 Å². The van der Waals surface area contributed by atoms with Crippen molar-refractivity contribution in [1.29, 1.82) is 0 Å². The van der Waals surface area contributed by atoms with E-state index in [2.05, 4.69) is 0 Å². The van der Waals surface area contributed by atoms with Crippen molar-refractivity contribution in [2.75, 3.05) is 38.6 Å².